The van der Waals surface area contributed by atoms with Gasteiger partial charge in [-0.05, 0) is 44.8 Å². The van der Waals surface area contributed by atoms with Gasteiger partial charge in [0.25, 0.3) is 0 Å². The lowest BCUT2D eigenvalue weighted by Gasteiger charge is -2.20. The van der Waals surface area contributed by atoms with Gasteiger partial charge in [-0.2, -0.15) is 0 Å². The van der Waals surface area contributed by atoms with E-state index in [2.05, 4.69) is 54.0 Å². The second kappa shape index (κ2) is 9.41. The van der Waals surface area contributed by atoms with E-state index in [9.17, 15) is 9.59 Å². The molecule has 4 rings (SSSR count). The van der Waals surface area contributed by atoms with E-state index < -0.39 is 0 Å². The molecule has 0 saturated heterocycles. The number of nitrogens with zero attached hydrogens (tertiary/aromatic N) is 4. The van der Waals surface area contributed by atoms with Gasteiger partial charge in [-0.25, -0.2) is 4.79 Å². The van der Waals surface area contributed by atoms with Gasteiger partial charge in [0.2, 0.25) is 5.91 Å². The Kier molecular flexibility index (Phi) is 6.42. The number of carbonyl (C=O) groups is 1. The summed E-state index contributed by atoms with van der Waals surface area (Å²) in [6, 6.07) is 15.4. The molecule has 4 aromatic rings. The van der Waals surface area contributed by atoms with Gasteiger partial charge in [-0.1, -0.05) is 42.1 Å². The largest absolute Gasteiger partial charge is 0.325 e. The molecule has 2 heterocycles. The first kappa shape index (κ1) is 21.8. The topological polar surface area (TPSA) is 112 Å². The number of benzene rings is 2. The highest BCUT2D eigenvalue weighted by molar-refractivity contribution is 7.99. The summed E-state index contributed by atoms with van der Waals surface area (Å²) >= 11 is 1.35. The van der Waals surface area contributed by atoms with E-state index in [1.807, 2.05) is 32.3 Å². The maximum Gasteiger partial charge on any atom is 0.323 e. The first-order chi connectivity index (χ1) is 15.4. The molecule has 0 bridgehead atoms. The van der Waals surface area contributed by atoms with Crippen LogP contribution in [0.1, 0.15) is 24.4 Å². The van der Waals surface area contributed by atoms with Crippen LogP contribution < -0.4 is 11.0 Å². The Labute approximate surface area is 189 Å². The van der Waals surface area contributed by atoms with Crippen molar-refractivity contribution in [3.05, 3.63) is 70.4 Å². The average Bonchev–Trinajstić information content (AvgIpc) is 3.34. The number of aromatic nitrogens is 5. The minimum atomic E-state index is -0.278. The number of hydrogen-bond donors (Lipinski definition) is 3. The second-order valence-corrected chi connectivity index (χ2v) is 8.67. The highest BCUT2D eigenvalue weighted by Gasteiger charge is 2.20. The van der Waals surface area contributed by atoms with Crippen molar-refractivity contribution in [1.82, 2.24) is 29.6 Å². The summed E-state index contributed by atoms with van der Waals surface area (Å²) in [7, 11) is 4.00. The van der Waals surface area contributed by atoms with Crippen LogP contribution in [0.2, 0.25) is 0 Å². The van der Waals surface area contributed by atoms with Gasteiger partial charge in [0, 0.05) is 5.69 Å². The zero-order valence-electron chi connectivity index (χ0n) is 18.1. The molecule has 0 fully saturated rings. The number of hydrogen-bond acceptors (Lipinski definition) is 6. The third-order valence-corrected chi connectivity index (χ3v) is 6.18. The van der Waals surface area contributed by atoms with Gasteiger partial charge in [0.1, 0.15) is 0 Å². The Morgan fingerprint density at radius 3 is 2.62 bits per heavy atom. The molecule has 1 amide bonds. The normalized spacial score (nSPS) is 12.4. The monoisotopic (exact) mass is 451 g/mol. The summed E-state index contributed by atoms with van der Waals surface area (Å²) in [4.78, 5) is 31.4. The Hall–Kier alpha value is -3.37. The first-order valence-corrected chi connectivity index (χ1v) is 11.2. The van der Waals surface area contributed by atoms with Gasteiger partial charge in [-0.3, -0.25) is 9.69 Å². The predicted octanol–water partition coefficient (Wildman–Crippen LogP) is 2.85. The van der Waals surface area contributed by atoms with Crippen LogP contribution >= 0.6 is 11.8 Å². The standard InChI is InChI=1S/C22H25N7O2S/c1-14(28(2)3)20-26-27-22(29(20)12-15-7-5-4-6-8-15)32-13-19(30)23-16-9-10-17-18(11-16)25-21(31)24-17/h4-11,14H,12-13H2,1-3H3,(H,23,30)(H2,24,25,31)/t14-/m1/s1. The molecule has 0 aliphatic heterocycles. The fourth-order valence-electron chi connectivity index (χ4n) is 3.30. The van der Waals surface area contributed by atoms with E-state index in [0.717, 1.165) is 11.4 Å². The van der Waals surface area contributed by atoms with Crippen molar-refractivity contribution < 1.29 is 4.79 Å². The number of thioether (sulfide) groups is 1. The van der Waals surface area contributed by atoms with Crippen LogP contribution in [-0.2, 0) is 11.3 Å². The van der Waals surface area contributed by atoms with Crippen molar-refractivity contribution in [3.8, 4) is 0 Å². The van der Waals surface area contributed by atoms with E-state index >= 15 is 0 Å². The lowest BCUT2D eigenvalue weighted by Crippen LogP contribution is -2.21. The highest BCUT2D eigenvalue weighted by atomic mass is 32.2. The summed E-state index contributed by atoms with van der Waals surface area (Å²) in [5, 5.41) is 12.3. The van der Waals surface area contributed by atoms with Crippen LogP contribution in [0, 0.1) is 0 Å². The molecule has 1 atom stereocenters. The number of fused-ring (bicyclic) bond motifs is 1. The van der Waals surface area contributed by atoms with Crippen molar-refractivity contribution in [2.24, 2.45) is 0 Å². The van der Waals surface area contributed by atoms with Crippen molar-refractivity contribution >= 4 is 34.4 Å². The van der Waals surface area contributed by atoms with Crippen LogP contribution in [0.3, 0.4) is 0 Å². The van der Waals surface area contributed by atoms with Crippen molar-refractivity contribution in [2.75, 3.05) is 25.2 Å². The van der Waals surface area contributed by atoms with Gasteiger partial charge >= 0.3 is 5.69 Å². The molecule has 0 unspecified atom stereocenters. The highest BCUT2D eigenvalue weighted by Crippen LogP contribution is 2.24. The lowest BCUT2D eigenvalue weighted by molar-refractivity contribution is -0.113. The molecule has 2 aromatic heterocycles. The van der Waals surface area contributed by atoms with Gasteiger partial charge in [-0.15, -0.1) is 10.2 Å². The zero-order valence-corrected chi connectivity index (χ0v) is 18.9. The maximum absolute atomic E-state index is 12.6. The fourth-order valence-corrected chi connectivity index (χ4v) is 4.04. The summed E-state index contributed by atoms with van der Waals surface area (Å²) in [5.41, 5.74) is 2.81. The van der Waals surface area contributed by atoms with E-state index in [4.69, 9.17) is 0 Å². The SMILES string of the molecule is C[C@H](c1nnc(SCC(=O)Nc2ccc3[nH]c(=O)[nH]c3c2)n1Cc1ccccc1)N(C)C. The van der Waals surface area contributed by atoms with Crippen LogP contribution in [-0.4, -0.2) is 55.4 Å². The number of amides is 1. The Balaban J connectivity index is 1.48. The number of carbonyl (C=O) groups excluding carboxylic acids is 1. The molecule has 166 valence electrons. The van der Waals surface area contributed by atoms with Crippen LogP contribution in [0.4, 0.5) is 5.69 Å². The van der Waals surface area contributed by atoms with E-state index in [0.29, 0.717) is 28.4 Å². The number of rotatable bonds is 8. The molecule has 32 heavy (non-hydrogen) atoms. The summed E-state index contributed by atoms with van der Waals surface area (Å²) in [6.45, 7) is 2.71. The predicted molar refractivity (Wildman–Crippen MR) is 126 cm³/mol. The number of anilines is 1. The van der Waals surface area contributed by atoms with Gasteiger partial charge in [0.15, 0.2) is 11.0 Å². The number of nitrogens with one attached hydrogen (secondary N) is 3. The molecule has 0 spiro atoms. The quantitative estimate of drug-likeness (QED) is 0.355. The lowest BCUT2D eigenvalue weighted by atomic mass is 10.2. The smallest absolute Gasteiger partial charge is 0.323 e. The third kappa shape index (κ3) is 4.92. The van der Waals surface area contributed by atoms with E-state index in [-0.39, 0.29) is 23.4 Å². The molecule has 0 aliphatic carbocycles. The second-order valence-electron chi connectivity index (χ2n) is 7.73. The Bertz CT molecular complexity index is 1280. The van der Waals surface area contributed by atoms with Crippen molar-refractivity contribution in [2.45, 2.75) is 24.7 Å². The summed E-state index contributed by atoms with van der Waals surface area (Å²) in [6.07, 6.45) is 0. The van der Waals surface area contributed by atoms with Gasteiger partial charge in [0.05, 0.1) is 29.4 Å². The summed E-state index contributed by atoms with van der Waals surface area (Å²) in [5.74, 6) is 0.873. The van der Waals surface area contributed by atoms with E-state index in [1.165, 1.54) is 11.8 Å². The molecule has 2 aromatic carbocycles. The zero-order chi connectivity index (χ0) is 22.7. The van der Waals surface area contributed by atoms with E-state index in [1.54, 1.807) is 18.2 Å². The maximum atomic E-state index is 12.6. The molecular weight excluding hydrogens is 426 g/mol. The fraction of sp³-hybridized carbons (Fsp3) is 0.273. The van der Waals surface area contributed by atoms with Crippen molar-refractivity contribution in [1.29, 1.82) is 0 Å². The molecule has 10 heteroatoms. The average molecular weight is 452 g/mol. The molecule has 9 nitrogen and oxygen atoms in total. The molecule has 0 aliphatic rings. The number of H-pyrrole nitrogens is 2. The molecular formula is C22H25N7O2S. The van der Waals surface area contributed by atoms with Crippen LogP contribution in [0.15, 0.2) is 58.5 Å². The summed E-state index contributed by atoms with van der Waals surface area (Å²) < 4.78 is 2.06. The van der Waals surface area contributed by atoms with Crippen LogP contribution in [0.5, 0.6) is 0 Å². The molecule has 3 N–H and O–H groups in total. The molecule has 0 radical (unpaired) electrons. The number of imidazole rings is 1. The third-order valence-electron chi connectivity index (χ3n) is 5.21. The van der Waals surface area contributed by atoms with Crippen molar-refractivity contribution in [3.63, 3.8) is 0 Å². The van der Waals surface area contributed by atoms with Crippen LogP contribution in [0.25, 0.3) is 11.0 Å². The van der Waals surface area contributed by atoms with Gasteiger partial charge < -0.3 is 19.9 Å². The first-order valence-electron chi connectivity index (χ1n) is 10.2. The Morgan fingerprint density at radius 2 is 1.88 bits per heavy atom. The minimum Gasteiger partial charge on any atom is -0.325 e. The Morgan fingerprint density at radius 1 is 1.12 bits per heavy atom. The molecule has 0 saturated carbocycles. The number of aromatic amines is 2. The minimum absolute atomic E-state index is 0.0737.